The van der Waals surface area contributed by atoms with Crippen molar-refractivity contribution in [3.8, 4) is 11.5 Å². The van der Waals surface area contributed by atoms with Crippen molar-refractivity contribution in [1.29, 1.82) is 0 Å². The molecule has 3 rings (SSSR count). The van der Waals surface area contributed by atoms with E-state index >= 15 is 0 Å². The van der Waals surface area contributed by atoms with Crippen molar-refractivity contribution in [3.63, 3.8) is 0 Å². The SMILES string of the molecule is COc1cc(C(=O)Nc2ccc(S(=O)(=O)NCc3ccco3)cc2)ccc1OCC(C)C. The summed E-state index contributed by atoms with van der Waals surface area (Å²) in [5.74, 6) is 1.53. The van der Waals surface area contributed by atoms with Gasteiger partial charge in [-0.15, -0.1) is 0 Å². The molecule has 3 aromatic rings. The van der Waals surface area contributed by atoms with Crippen molar-refractivity contribution in [3.05, 3.63) is 72.2 Å². The summed E-state index contributed by atoms with van der Waals surface area (Å²) >= 11 is 0. The van der Waals surface area contributed by atoms with Crippen LogP contribution in [-0.4, -0.2) is 28.0 Å². The van der Waals surface area contributed by atoms with Crippen molar-refractivity contribution in [2.45, 2.75) is 25.3 Å². The first-order valence-electron chi connectivity index (χ1n) is 10.0. The summed E-state index contributed by atoms with van der Waals surface area (Å²) in [5, 5.41) is 2.75. The van der Waals surface area contributed by atoms with Crippen LogP contribution < -0.4 is 19.5 Å². The molecule has 1 aromatic heterocycles. The number of sulfonamides is 1. The van der Waals surface area contributed by atoms with E-state index in [-0.39, 0.29) is 17.3 Å². The number of anilines is 1. The van der Waals surface area contributed by atoms with Gasteiger partial charge in [0.25, 0.3) is 5.91 Å². The molecule has 1 heterocycles. The van der Waals surface area contributed by atoms with Gasteiger partial charge < -0.3 is 19.2 Å². The minimum atomic E-state index is -3.71. The number of benzene rings is 2. The van der Waals surface area contributed by atoms with E-state index < -0.39 is 10.0 Å². The van der Waals surface area contributed by atoms with E-state index in [1.165, 1.54) is 37.6 Å². The Morgan fingerprint density at radius 1 is 1.06 bits per heavy atom. The van der Waals surface area contributed by atoms with Gasteiger partial charge in [-0.25, -0.2) is 13.1 Å². The van der Waals surface area contributed by atoms with Gasteiger partial charge >= 0.3 is 0 Å². The normalized spacial score (nSPS) is 11.4. The summed E-state index contributed by atoms with van der Waals surface area (Å²) in [5.41, 5.74) is 0.842. The summed E-state index contributed by atoms with van der Waals surface area (Å²) < 4.78 is 43.5. The maximum atomic E-state index is 12.6. The molecule has 0 unspecified atom stereocenters. The van der Waals surface area contributed by atoms with Gasteiger partial charge in [0.1, 0.15) is 5.76 Å². The minimum Gasteiger partial charge on any atom is -0.493 e. The second kappa shape index (κ2) is 10.3. The van der Waals surface area contributed by atoms with E-state index in [9.17, 15) is 13.2 Å². The average molecular weight is 459 g/mol. The van der Waals surface area contributed by atoms with E-state index in [1.807, 2.05) is 13.8 Å². The molecule has 2 N–H and O–H groups in total. The Morgan fingerprint density at radius 2 is 1.81 bits per heavy atom. The quantitative estimate of drug-likeness (QED) is 0.475. The molecular formula is C23H26N2O6S. The fraction of sp³-hybridized carbons (Fsp3) is 0.261. The first-order valence-corrected chi connectivity index (χ1v) is 11.5. The lowest BCUT2D eigenvalue weighted by molar-refractivity contribution is 0.102. The largest absolute Gasteiger partial charge is 0.493 e. The molecular weight excluding hydrogens is 432 g/mol. The second-order valence-corrected chi connectivity index (χ2v) is 9.22. The van der Waals surface area contributed by atoms with Gasteiger partial charge in [-0.2, -0.15) is 0 Å². The van der Waals surface area contributed by atoms with Crippen LogP contribution in [0.15, 0.2) is 70.2 Å². The summed E-state index contributed by atoms with van der Waals surface area (Å²) in [4.78, 5) is 12.7. The fourth-order valence-electron chi connectivity index (χ4n) is 2.77. The molecule has 0 saturated heterocycles. The molecule has 0 bridgehead atoms. The van der Waals surface area contributed by atoms with Gasteiger partial charge in [0.05, 0.1) is 31.4 Å². The molecule has 8 nitrogen and oxygen atoms in total. The van der Waals surface area contributed by atoms with E-state index in [0.29, 0.717) is 41.0 Å². The molecule has 0 aliphatic rings. The Labute approximate surface area is 187 Å². The third kappa shape index (κ3) is 6.12. The lowest BCUT2D eigenvalue weighted by Gasteiger charge is -2.13. The average Bonchev–Trinajstić information content (AvgIpc) is 3.30. The molecule has 1 amide bonds. The van der Waals surface area contributed by atoms with Gasteiger partial charge in [-0.1, -0.05) is 13.8 Å². The van der Waals surface area contributed by atoms with E-state index in [2.05, 4.69) is 10.0 Å². The number of rotatable bonds is 10. The number of ether oxygens (including phenoxy) is 2. The molecule has 0 atom stereocenters. The van der Waals surface area contributed by atoms with Crippen LogP contribution in [0.4, 0.5) is 5.69 Å². The van der Waals surface area contributed by atoms with Gasteiger partial charge in [0, 0.05) is 11.3 Å². The molecule has 0 radical (unpaired) electrons. The summed E-state index contributed by atoms with van der Waals surface area (Å²) in [7, 11) is -2.20. The van der Waals surface area contributed by atoms with Crippen LogP contribution in [0.3, 0.4) is 0 Å². The Bertz CT molecular complexity index is 1140. The molecule has 0 aliphatic heterocycles. The fourth-order valence-corrected chi connectivity index (χ4v) is 3.76. The van der Waals surface area contributed by atoms with Crippen LogP contribution in [0.5, 0.6) is 11.5 Å². The van der Waals surface area contributed by atoms with Gasteiger partial charge in [0.15, 0.2) is 11.5 Å². The first-order chi connectivity index (χ1) is 15.3. The van der Waals surface area contributed by atoms with Gasteiger partial charge in [-0.05, 0) is 60.5 Å². The maximum Gasteiger partial charge on any atom is 0.255 e. The molecule has 0 aliphatic carbocycles. The molecule has 170 valence electrons. The molecule has 9 heteroatoms. The number of amides is 1. The summed E-state index contributed by atoms with van der Waals surface area (Å²) in [6.07, 6.45) is 1.48. The van der Waals surface area contributed by atoms with Crippen molar-refractivity contribution < 1.29 is 27.1 Å². The van der Waals surface area contributed by atoms with E-state index in [4.69, 9.17) is 13.9 Å². The minimum absolute atomic E-state index is 0.0481. The highest BCUT2D eigenvalue weighted by atomic mass is 32.2. The second-order valence-electron chi connectivity index (χ2n) is 7.45. The van der Waals surface area contributed by atoms with E-state index in [0.717, 1.165) is 0 Å². The molecule has 0 saturated carbocycles. The standard InChI is InChI=1S/C23H26N2O6S/c1-16(2)15-31-21-11-6-17(13-22(21)29-3)23(26)25-18-7-9-20(10-8-18)32(27,28)24-14-19-5-4-12-30-19/h4-13,16,24H,14-15H2,1-3H3,(H,25,26). The number of carbonyl (C=O) groups is 1. The van der Waals surface area contributed by atoms with Gasteiger partial charge in [0.2, 0.25) is 10.0 Å². The number of nitrogens with one attached hydrogen (secondary N) is 2. The first kappa shape index (κ1) is 23.4. The number of hydrogen-bond donors (Lipinski definition) is 2. The molecule has 2 aromatic carbocycles. The predicted molar refractivity (Wildman–Crippen MR) is 120 cm³/mol. The number of methoxy groups -OCH3 is 1. The molecule has 0 spiro atoms. The van der Waals surface area contributed by atoms with Crippen LogP contribution in [0.1, 0.15) is 30.0 Å². The van der Waals surface area contributed by atoms with E-state index in [1.54, 1.807) is 30.3 Å². The lowest BCUT2D eigenvalue weighted by atomic mass is 10.1. The zero-order valence-electron chi connectivity index (χ0n) is 18.1. The molecule has 32 heavy (non-hydrogen) atoms. The number of carbonyl (C=O) groups excluding carboxylic acids is 1. The highest BCUT2D eigenvalue weighted by molar-refractivity contribution is 7.89. The number of furan rings is 1. The van der Waals surface area contributed by atoms with Crippen molar-refractivity contribution >= 4 is 21.6 Å². The third-order valence-electron chi connectivity index (χ3n) is 4.44. The lowest BCUT2D eigenvalue weighted by Crippen LogP contribution is -2.23. The summed E-state index contributed by atoms with van der Waals surface area (Å²) in [6.45, 7) is 4.67. The van der Waals surface area contributed by atoms with Crippen LogP contribution in [-0.2, 0) is 16.6 Å². The topological polar surface area (TPSA) is 107 Å². The monoisotopic (exact) mass is 458 g/mol. The third-order valence-corrected chi connectivity index (χ3v) is 5.85. The zero-order chi connectivity index (χ0) is 23.1. The van der Waals surface area contributed by atoms with Crippen molar-refractivity contribution in [2.75, 3.05) is 19.0 Å². The maximum absolute atomic E-state index is 12.6. The van der Waals surface area contributed by atoms with Crippen molar-refractivity contribution in [2.24, 2.45) is 5.92 Å². The Morgan fingerprint density at radius 3 is 2.44 bits per heavy atom. The smallest absolute Gasteiger partial charge is 0.255 e. The highest BCUT2D eigenvalue weighted by Crippen LogP contribution is 2.29. The Balaban J connectivity index is 1.65. The zero-order valence-corrected chi connectivity index (χ0v) is 18.9. The summed E-state index contributed by atoms with van der Waals surface area (Å²) in [6, 6.07) is 14.2. The highest BCUT2D eigenvalue weighted by Gasteiger charge is 2.16. The van der Waals surface area contributed by atoms with Crippen LogP contribution in [0, 0.1) is 5.92 Å². The van der Waals surface area contributed by atoms with Gasteiger partial charge in [-0.3, -0.25) is 4.79 Å². The molecule has 0 fully saturated rings. The van der Waals surface area contributed by atoms with Crippen LogP contribution >= 0.6 is 0 Å². The Hall–Kier alpha value is -3.30. The Kier molecular flexibility index (Phi) is 7.55. The van der Waals surface area contributed by atoms with Crippen molar-refractivity contribution in [1.82, 2.24) is 4.72 Å². The van der Waals surface area contributed by atoms with Crippen LogP contribution in [0.25, 0.3) is 0 Å². The van der Waals surface area contributed by atoms with Crippen LogP contribution in [0.2, 0.25) is 0 Å². The predicted octanol–water partition coefficient (Wildman–Crippen LogP) is 4.05. The number of hydrogen-bond acceptors (Lipinski definition) is 6.